The van der Waals surface area contributed by atoms with Gasteiger partial charge in [-0.05, 0) is 24.0 Å². The molecule has 0 saturated carbocycles. The summed E-state index contributed by atoms with van der Waals surface area (Å²) < 4.78 is 1.67. The van der Waals surface area contributed by atoms with Crippen LogP contribution in [-0.2, 0) is 18.3 Å². The first kappa shape index (κ1) is 15.7. The number of amides is 3. The van der Waals surface area contributed by atoms with Gasteiger partial charge in [-0.3, -0.25) is 9.48 Å². The van der Waals surface area contributed by atoms with E-state index in [1.54, 1.807) is 20.7 Å². The number of aromatic nitrogens is 2. The minimum atomic E-state index is -0.166. The summed E-state index contributed by atoms with van der Waals surface area (Å²) in [5.74, 6) is -0.0822. The molecule has 0 radical (unpaired) electrons. The molecule has 0 bridgehead atoms. The topological polar surface area (TPSA) is 70.5 Å². The molecule has 4 rings (SSSR count). The first-order chi connectivity index (χ1) is 12.1. The molecule has 1 aromatic carbocycles. The van der Waals surface area contributed by atoms with Gasteiger partial charge in [0.2, 0.25) is 5.91 Å². The fourth-order valence-electron chi connectivity index (χ4n) is 3.61. The lowest BCUT2D eigenvalue weighted by Crippen LogP contribution is -2.55. The van der Waals surface area contributed by atoms with Crippen LogP contribution in [0.3, 0.4) is 0 Å². The fraction of sp³-hybridized carbons (Fsp3) is 0.389. The van der Waals surface area contributed by atoms with Crippen molar-refractivity contribution in [2.75, 3.05) is 24.5 Å². The quantitative estimate of drug-likeness (QED) is 0.901. The summed E-state index contributed by atoms with van der Waals surface area (Å²) >= 11 is 0. The molecule has 1 atom stereocenters. The Morgan fingerprint density at radius 2 is 2.12 bits per heavy atom. The molecule has 1 N–H and O–H groups in total. The van der Waals surface area contributed by atoms with Crippen LogP contribution in [0.25, 0.3) is 0 Å². The molecule has 25 heavy (non-hydrogen) atoms. The van der Waals surface area contributed by atoms with Crippen molar-refractivity contribution in [3.63, 3.8) is 0 Å². The number of urea groups is 1. The Kier molecular flexibility index (Phi) is 3.91. The zero-order chi connectivity index (χ0) is 17.4. The lowest BCUT2D eigenvalue weighted by Gasteiger charge is -2.34. The second-order valence-corrected chi connectivity index (χ2v) is 6.58. The zero-order valence-electron chi connectivity index (χ0n) is 14.2. The van der Waals surface area contributed by atoms with Gasteiger partial charge in [-0.1, -0.05) is 24.3 Å². The van der Waals surface area contributed by atoms with Crippen molar-refractivity contribution in [2.24, 2.45) is 7.05 Å². The number of carbonyl (C=O) groups is 2. The Morgan fingerprint density at radius 3 is 2.88 bits per heavy atom. The van der Waals surface area contributed by atoms with Crippen LogP contribution in [0.5, 0.6) is 0 Å². The maximum atomic E-state index is 12.6. The van der Waals surface area contributed by atoms with Gasteiger partial charge in [-0.15, -0.1) is 0 Å². The van der Waals surface area contributed by atoms with Crippen molar-refractivity contribution in [1.82, 2.24) is 20.0 Å². The van der Waals surface area contributed by atoms with E-state index in [0.717, 1.165) is 18.5 Å². The van der Waals surface area contributed by atoms with Gasteiger partial charge in [-0.25, -0.2) is 4.79 Å². The highest BCUT2D eigenvalue weighted by Gasteiger charge is 2.31. The Morgan fingerprint density at radius 1 is 1.28 bits per heavy atom. The molecule has 1 aliphatic carbocycles. The van der Waals surface area contributed by atoms with Gasteiger partial charge in [-0.2, -0.15) is 5.10 Å². The SMILES string of the molecule is Cn1cc(N2CCN(C(=O)NC3CCc4ccccc43)CC2=O)cn1. The van der Waals surface area contributed by atoms with Crippen LogP contribution in [-0.4, -0.2) is 46.3 Å². The summed E-state index contributed by atoms with van der Waals surface area (Å²) in [6.07, 6.45) is 5.37. The Bertz CT molecular complexity index is 815. The van der Waals surface area contributed by atoms with Crippen LogP contribution >= 0.6 is 0 Å². The smallest absolute Gasteiger partial charge is 0.318 e. The monoisotopic (exact) mass is 339 g/mol. The molecule has 1 saturated heterocycles. The van der Waals surface area contributed by atoms with Crippen LogP contribution in [0.15, 0.2) is 36.7 Å². The lowest BCUT2D eigenvalue weighted by molar-refractivity contribution is -0.120. The normalized spacial score (nSPS) is 19.9. The Labute approximate surface area is 146 Å². The van der Waals surface area contributed by atoms with Crippen LogP contribution in [0, 0.1) is 0 Å². The average molecular weight is 339 g/mol. The van der Waals surface area contributed by atoms with Crippen LogP contribution < -0.4 is 10.2 Å². The second-order valence-electron chi connectivity index (χ2n) is 6.58. The van der Waals surface area contributed by atoms with E-state index in [9.17, 15) is 9.59 Å². The number of rotatable bonds is 2. The average Bonchev–Trinajstić information content (AvgIpc) is 3.21. The Balaban J connectivity index is 1.39. The number of piperazine rings is 1. The van der Waals surface area contributed by atoms with Crippen molar-refractivity contribution in [3.05, 3.63) is 47.8 Å². The number of carbonyl (C=O) groups excluding carboxylic acids is 2. The fourth-order valence-corrected chi connectivity index (χ4v) is 3.61. The Hall–Kier alpha value is -2.83. The number of benzene rings is 1. The van der Waals surface area contributed by atoms with E-state index in [1.807, 2.05) is 25.4 Å². The summed E-state index contributed by atoms with van der Waals surface area (Å²) in [4.78, 5) is 28.3. The molecular formula is C18H21N5O2. The van der Waals surface area contributed by atoms with Gasteiger partial charge in [0.1, 0.15) is 6.54 Å². The van der Waals surface area contributed by atoms with Crippen LogP contribution in [0.4, 0.5) is 10.5 Å². The summed E-state index contributed by atoms with van der Waals surface area (Å²) in [6.45, 7) is 1.09. The summed E-state index contributed by atoms with van der Waals surface area (Å²) in [5.41, 5.74) is 3.26. The highest BCUT2D eigenvalue weighted by molar-refractivity contribution is 5.97. The first-order valence-corrected chi connectivity index (χ1v) is 8.54. The van der Waals surface area contributed by atoms with Gasteiger partial charge in [0.05, 0.1) is 17.9 Å². The summed E-state index contributed by atoms with van der Waals surface area (Å²) in [7, 11) is 1.82. The predicted molar refractivity (Wildman–Crippen MR) is 93.2 cm³/mol. The molecule has 3 amide bonds. The van der Waals surface area contributed by atoms with Crippen molar-refractivity contribution in [1.29, 1.82) is 0 Å². The standard InChI is InChI=1S/C18H21N5O2/c1-21-11-14(10-19-21)23-9-8-22(12-17(23)24)18(25)20-16-7-6-13-4-2-3-5-15(13)16/h2-5,10-11,16H,6-9,12H2,1H3,(H,20,25). The third-order valence-electron chi connectivity index (χ3n) is 4.94. The van der Waals surface area contributed by atoms with E-state index in [4.69, 9.17) is 0 Å². The molecule has 1 unspecified atom stereocenters. The first-order valence-electron chi connectivity index (χ1n) is 8.54. The zero-order valence-corrected chi connectivity index (χ0v) is 14.2. The highest BCUT2D eigenvalue weighted by Crippen LogP contribution is 2.30. The molecule has 2 aliphatic rings. The van der Waals surface area contributed by atoms with Crippen LogP contribution in [0.2, 0.25) is 0 Å². The number of aryl methyl sites for hydroxylation is 2. The molecule has 1 fully saturated rings. The maximum Gasteiger partial charge on any atom is 0.318 e. The van der Waals surface area contributed by atoms with E-state index in [1.165, 1.54) is 11.1 Å². The highest BCUT2D eigenvalue weighted by atomic mass is 16.2. The van der Waals surface area contributed by atoms with Gasteiger partial charge in [0, 0.05) is 26.3 Å². The van der Waals surface area contributed by atoms with E-state index in [0.29, 0.717) is 13.1 Å². The summed E-state index contributed by atoms with van der Waals surface area (Å²) in [5, 5.41) is 7.18. The minimum Gasteiger partial charge on any atom is -0.331 e. The van der Waals surface area contributed by atoms with Crippen molar-refractivity contribution in [3.8, 4) is 0 Å². The third-order valence-corrected chi connectivity index (χ3v) is 4.94. The molecule has 7 nitrogen and oxygen atoms in total. The van der Waals surface area contributed by atoms with Crippen molar-refractivity contribution >= 4 is 17.6 Å². The molecule has 1 aliphatic heterocycles. The molecule has 2 aromatic rings. The largest absolute Gasteiger partial charge is 0.331 e. The molecule has 0 spiro atoms. The molecule has 2 heterocycles. The molecule has 1 aromatic heterocycles. The lowest BCUT2D eigenvalue weighted by atomic mass is 10.1. The van der Waals surface area contributed by atoms with Crippen molar-refractivity contribution in [2.45, 2.75) is 18.9 Å². The number of fused-ring (bicyclic) bond motifs is 1. The van der Waals surface area contributed by atoms with E-state index < -0.39 is 0 Å². The number of hydrogen-bond acceptors (Lipinski definition) is 3. The molecular weight excluding hydrogens is 318 g/mol. The van der Waals surface area contributed by atoms with Gasteiger partial charge >= 0.3 is 6.03 Å². The number of nitrogens with zero attached hydrogens (tertiary/aromatic N) is 4. The van der Waals surface area contributed by atoms with Gasteiger partial charge in [0.15, 0.2) is 0 Å². The number of hydrogen-bond donors (Lipinski definition) is 1. The molecule has 7 heteroatoms. The van der Waals surface area contributed by atoms with Gasteiger partial charge in [0.25, 0.3) is 0 Å². The third kappa shape index (κ3) is 2.97. The van der Waals surface area contributed by atoms with Gasteiger partial charge < -0.3 is 15.1 Å². The predicted octanol–water partition coefficient (Wildman–Crippen LogP) is 1.47. The van der Waals surface area contributed by atoms with Crippen LogP contribution in [0.1, 0.15) is 23.6 Å². The number of anilines is 1. The number of nitrogens with one attached hydrogen (secondary N) is 1. The van der Waals surface area contributed by atoms with E-state index in [-0.39, 0.29) is 24.5 Å². The second kappa shape index (κ2) is 6.23. The summed E-state index contributed by atoms with van der Waals surface area (Å²) in [6, 6.07) is 8.08. The van der Waals surface area contributed by atoms with Crippen molar-refractivity contribution < 1.29 is 9.59 Å². The van der Waals surface area contributed by atoms with E-state index in [2.05, 4.69) is 22.5 Å². The maximum absolute atomic E-state index is 12.6. The minimum absolute atomic E-state index is 0.0372. The molecule has 130 valence electrons. The van der Waals surface area contributed by atoms with E-state index >= 15 is 0 Å².